The minimum atomic E-state index is 0.440. The normalized spacial score (nSPS) is 23.8. The van der Waals surface area contributed by atoms with Crippen molar-refractivity contribution in [2.75, 3.05) is 78.5 Å². The summed E-state index contributed by atoms with van der Waals surface area (Å²) in [4.78, 5) is 5.05. The molecular formula is C40H87N5. The summed E-state index contributed by atoms with van der Waals surface area (Å²) in [6.07, 6.45) is 17.3. The van der Waals surface area contributed by atoms with E-state index in [-0.39, 0.29) is 0 Å². The van der Waals surface area contributed by atoms with Crippen LogP contribution >= 0.6 is 0 Å². The van der Waals surface area contributed by atoms with Gasteiger partial charge in [0.2, 0.25) is 0 Å². The quantitative estimate of drug-likeness (QED) is 0.223. The highest BCUT2D eigenvalue weighted by Crippen LogP contribution is 2.32. The lowest BCUT2D eigenvalue weighted by molar-refractivity contribution is 0.138. The van der Waals surface area contributed by atoms with Crippen LogP contribution in [0, 0.1) is 28.6 Å². The second-order valence-electron chi connectivity index (χ2n) is 16.5. The molecular weight excluding hydrogens is 550 g/mol. The van der Waals surface area contributed by atoms with Crippen LogP contribution in [0.5, 0.6) is 0 Å². The molecule has 0 aromatic carbocycles. The number of hydrogen-bond acceptors (Lipinski definition) is 5. The molecule has 0 atom stereocenters. The first-order valence-electron chi connectivity index (χ1n) is 20.0. The predicted octanol–water partition coefficient (Wildman–Crippen LogP) is 9.08. The fourth-order valence-corrected chi connectivity index (χ4v) is 6.57. The Bertz CT molecular complexity index is 603. The molecule has 4 aliphatic rings. The summed E-state index contributed by atoms with van der Waals surface area (Å²) >= 11 is 0. The number of rotatable bonds is 10. The van der Waals surface area contributed by atoms with E-state index in [1.807, 2.05) is 0 Å². The van der Waals surface area contributed by atoms with Crippen LogP contribution in [0.1, 0.15) is 153 Å². The van der Waals surface area contributed by atoms with Crippen LogP contribution in [0.2, 0.25) is 0 Å². The second-order valence-corrected chi connectivity index (χ2v) is 16.5. The zero-order valence-electron chi connectivity index (χ0n) is 33.1. The number of nitrogens with zero attached hydrogens (tertiary/aromatic N) is 2. The van der Waals surface area contributed by atoms with Crippen molar-refractivity contribution in [2.24, 2.45) is 28.6 Å². The van der Waals surface area contributed by atoms with Crippen LogP contribution < -0.4 is 16.0 Å². The van der Waals surface area contributed by atoms with Gasteiger partial charge in [0.1, 0.15) is 0 Å². The number of nitrogens with one attached hydrogen (secondary N) is 3. The predicted molar refractivity (Wildman–Crippen MR) is 205 cm³/mol. The first-order chi connectivity index (χ1) is 21.4. The van der Waals surface area contributed by atoms with E-state index in [0.717, 1.165) is 43.9 Å². The monoisotopic (exact) mass is 638 g/mol. The maximum absolute atomic E-state index is 3.42. The highest BCUT2D eigenvalue weighted by atomic mass is 15.1. The lowest BCUT2D eigenvalue weighted by Gasteiger charge is -2.36. The Morgan fingerprint density at radius 1 is 0.600 bits per heavy atom. The van der Waals surface area contributed by atoms with Crippen LogP contribution in [0.3, 0.4) is 0 Å². The van der Waals surface area contributed by atoms with Gasteiger partial charge in [-0.05, 0) is 158 Å². The lowest BCUT2D eigenvalue weighted by Crippen LogP contribution is -2.36. The summed E-state index contributed by atoms with van der Waals surface area (Å²) in [7, 11) is 0. The molecule has 2 aliphatic heterocycles. The topological polar surface area (TPSA) is 42.6 Å². The van der Waals surface area contributed by atoms with Gasteiger partial charge >= 0.3 is 0 Å². The Morgan fingerprint density at radius 3 is 1.42 bits per heavy atom. The van der Waals surface area contributed by atoms with Gasteiger partial charge in [0, 0.05) is 0 Å². The van der Waals surface area contributed by atoms with Gasteiger partial charge in [-0.2, -0.15) is 0 Å². The zero-order valence-corrected chi connectivity index (χ0v) is 33.1. The molecule has 0 aromatic heterocycles. The van der Waals surface area contributed by atoms with E-state index < -0.39 is 0 Å². The molecule has 2 saturated carbocycles. The number of piperidine rings is 2. The molecule has 4 fully saturated rings. The average Bonchev–Trinajstić information content (AvgIpc) is 3.02. The molecule has 5 nitrogen and oxygen atoms in total. The van der Waals surface area contributed by atoms with Crippen LogP contribution in [0.15, 0.2) is 0 Å². The molecule has 0 spiro atoms. The first-order valence-corrected chi connectivity index (χ1v) is 20.0. The van der Waals surface area contributed by atoms with Gasteiger partial charge < -0.3 is 25.8 Å². The van der Waals surface area contributed by atoms with Gasteiger partial charge in [0.25, 0.3) is 0 Å². The fraction of sp³-hybridized carbons (Fsp3) is 1.00. The van der Waals surface area contributed by atoms with Gasteiger partial charge in [-0.3, -0.25) is 0 Å². The molecule has 2 heterocycles. The third-order valence-electron chi connectivity index (χ3n) is 10.0. The highest BCUT2D eigenvalue weighted by molar-refractivity contribution is 4.78. The zero-order chi connectivity index (χ0) is 34.0. The van der Waals surface area contributed by atoms with E-state index in [2.05, 4.69) is 102 Å². The van der Waals surface area contributed by atoms with E-state index in [9.17, 15) is 0 Å². The Balaban J connectivity index is 0.000000540. The molecule has 0 radical (unpaired) electrons. The molecule has 3 N–H and O–H groups in total. The SMILES string of the molecule is CCN1CCC(C)(C)CC1.CCN1CCCCC1.CCNCC(C)(C)C.CCNCC1CC(C)C1.CCNCC1CCCCC1. The van der Waals surface area contributed by atoms with E-state index in [4.69, 9.17) is 0 Å². The minimum absolute atomic E-state index is 0.440. The smallest absolute Gasteiger partial charge is 0.0000241 e. The molecule has 272 valence electrons. The average molecular weight is 638 g/mol. The lowest BCUT2D eigenvalue weighted by atomic mass is 9.76. The van der Waals surface area contributed by atoms with Gasteiger partial charge in [-0.15, -0.1) is 0 Å². The molecule has 0 unspecified atom stereocenters. The first kappa shape index (κ1) is 44.8. The summed E-state index contributed by atoms with van der Waals surface area (Å²) in [6.45, 7) is 39.5. The summed E-state index contributed by atoms with van der Waals surface area (Å²) in [6, 6.07) is 0. The number of hydrogen-bond donors (Lipinski definition) is 3. The van der Waals surface area contributed by atoms with Crippen molar-refractivity contribution >= 4 is 0 Å². The fourth-order valence-electron chi connectivity index (χ4n) is 6.57. The molecule has 0 amide bonds. The molecule has 4 rings (SSSR count). The summed E-state index contributed by atoms with van der Waals surface area (Å²) in [5.41, 5.74) is 1.06. The maximum atomic E-state index is 3.42. The van der Waals surface area contributed by atoms with Crippen LogP contribution in [0.4, 0.5) is 0 Å². The van der Waals surface area contributed by atoms with Gasteiger partial charge in [0.15, 0.2) is 0 Å². The maximum Gasteiger partial charge on any atom is -0.0000241 e. The van der Waals surface area contributed by atoms with E-state index in [1.54, 1.807) is 0 Å². The molecule has 45 heavy (non-hydrogen) atoms. The van der Waals surface area contributed by atoms with E-state index >= 15 is 0 Å². The summed E-state index contributed by atoms with van der Waals surface area (Å²) < 4.78 is 0. The summed E-state index contributed by atoms with van der Waals surface area (Å²) in [5, 5.41) is 10.1. The molecule has 2 saturated heterocycles. The third kappa shape index (κ3) is 27.5. The van der Waals surface area contributed by atoms with Crippen molar-refractivity contribution in [2.45, 2.75) is 153 Å². The van der Waals surface area contributed by atoms with Gasteiger partial charge in [-0.25, -0.2) is 0 Å². The van der Waals surface area contributed by atoms with Crippen molar-refractivity contribution in [3.63, 3.8) is 0 Å². The van der Waals surface area contributed by atoms with Gasteiger partial charge in [0.05, 0.1) is 0 Å². The molecule has 0 aromatic rings. The van der Waals surface area contributed by atoms with Crippen LogP contribution in [0.25, 0.3) is 0 Å². The standard InChI is InChI=1S/2C9H19N.C8H17N.C7H15N.C7H17N/c1-4-10-7-5-9(2,3)6-8-10;1-2-10-8-9-6-4-3-5-7-9;1-3-9-6-8-4-7(2)5-8;1-2-8-6-4-3-5-7-8;1-5-8-6-7(2,3)4/h4-8H2,1-3H3;9-10H,2-8H2,1H3;7-9H,3-6H2,1-2H3;2-7H2,1H3;8H,5-6H2,1-4H3. The van der Waals surface area contributed by atoms with Crippen molar-refractivity contribution < 1.29 is 0 Å². The minimum Gasteiger partial charge on any atom is -0.317 e. The third-order valence-corrected chi connectivity index (χ3v) is 10.0. The van der Waals surface area contributed by atoms with Crippen LogP contribution in [-0.4, -0.2) is 88.3 Å². The Labute approximate surface area is 285 Å². The molecule has 5 heteroatoms. The largest absolute Gasteiger partial charge is 0.317 e. The van der Waals surface area contributed by atoms with E-state index in [1.165, 1.54) is 129 Å². The molecule has 2 aliphatic carbocycles. The van der Waals surface area contributed by atoms with Crippen molar-refractivity contribution in [3.8, 4) is 0 Å². The second kappa shape index (κ2) is 27.7. The van der Waals surface area contributed by atoms with Crippen LogP contribution in [-0.2, 0) is 0 Å². The number of likely N-dealkylation sites (tertiary alicyclic amines) is 2. The summed E-state index contributed by atoms with van der Waals surface area (Å²) in [5.74, 6) is 3.00. The van der Waals surface area contributed by atoms with Gasteiger partial charge in [-0.1, -0.05) is 102 Å². The Kier molecular flexibility index (Phi) is 27.6. The van der Waals surface area contributed by atoms with E-state index in [0.29, 0.717) is 10.8 Å². The molecule has 0 bridgehead atoms. The van der Waals surface area contributed by atoms with Crippen molar-refractivity contribution in [3.05, 3.63) is 0 Å². The Morgan fingerprint density at radius 2 is 1.04 bits per heavy atom. The Hall–Kier alpha value is -0.200. The van der Waals surface area contributed by atoms with Crippen molar-refractivity contribution in [1.29, 1.82) is 0 Å². The highest BCUT2D eigenvalue weighted by Gasteiger charge is 2.24. The van der Waals surface area contributed by atoms with Crippen molar-refractivity contribution in [1.82, 2.24) is 25.8 Å².